The summed E-state index contributed by atoms with van der Waals surface area (Å²) in [7, 11) is 1.90. The number of thiazole rings is 1. The summed E-state index contributed by atoms with van der Waals surface area (Å²) >= 11 is 1.48. The minimum Gasteiger partial charge on any atom is -0.454 e. The average Bonchev–Trinajstić information content (AvgIpc) is 3.55. The molecule has 0 bridgehead atoms. The molecule has 172 valence electrons. The van der Waals surface area contributed by atoms with Gasteiger partial charge in [0.1, 0.15) is 17.0 Å². The fraction of sp³-hybridized carbons (Fsp3) is 0.0714. The van der Waals surface area contributed by atoms with Gasteiger partial charge in [-0.15, -0.1) is 11.3 Å². The van der Waals surface area contributed by atoms with Crippen molar-refractivity contribution in [1.82, 2.24) is 13.9 Å². The first kappa shape index (κ1) is 21.2. The summed E-state index contributed by atoms with van der Waals surface area (Å²) in [5.41, 5.74) is 4.45. The topological polar surface area (TPSA) is 57.4 Å². The molecule has 0 saturated carbocycles. The SMILES string of the molecule is Cc1c(-n2c(-c3cc4ccccc4o3)csc2=Nc2ccccc2)c(=O)n(-c2ccccc2)n1C. The number of fused-ring (bicyclic) bond motifs is 1. The molecule has 3 aromatic carbocycles. The van der Waals surface area contributed by atoms with Gasteiger partial charge >= 0.3 is 0 Å². The van der Waals surface area contributed by atoms with E-state index in [0.717, 1.165) is 33.7 Å². The van der Waals surface area contributed by atoms with Crippen LogP contribution >= 0.6 is 11.3 Å². The molecule has 0 unspecified atom stereocenters. The molecule has 35 heavy (non-hydrogen) atoms. The number of nitrogens with zero attached hydrogens (tertiary/aromatic N) is 4. The fourth-order valence-electron chi connectivity index (χ4n) is 4.31. The molecule has 0 aliphatic heterocycles. The van der Waals surface area contributed by atoms with E-state index in [1.807, 2.05) is 120 Å². The Hall–Kier alpha value is -4.36. The molecular formula is C28H22N4O2S. The van der Waals surface area contributed by atoms with Crippen LogP contribution in [0.15, 0.2) is 111 Å². The standard InChI is InChI=1S/C28H22N4O2S/c1-19-26(27(33)32(30(19)2)22-14-7-4-8-15-22)31-23(25-17-20-11-9-10-16-24(20)34-25)18-35-28(31)29-21-12-5-3-6-13-21/h3-18H,1-2H3. The van der Waals surface area contributed by atoms with Gasteiger partial charge < -0.3 is 4.42 Å². The maximum atomic E-state index is 13.9. The molecule has 0 spiro atoms. The average molecular weight is 479 g/mol. The quantitative estimate of drug-likeness (QED) is 0.313. The van der Waals surface area contributed by atoms with Crippen molar-refractivity contribution in [2.45, 2.75) is 6.92 Å². The monoisotopic (exact) mass is 478 g/mol. The number of para-hydroxylation sites is 3. The second kappa shape index (κ2) is 8.45. The third-order valence-electron chi connectivity index (χ3n) is 6.11. The normalized spacial score (nSPS) is 12.0. The smallest absolute Gasteiger partial charge is 0.296 e. The lowest BCUT2D eigenvalue weighted by molar-refractivity contribution is 0.625. The molecule has 0 aliphatic carbocycles. The van der Waals surface area contributed by atoms with Crippen LogP contribution in [0.5, 0.6) is 0 Å². The highest BCUT2D eigenvalue weighted by Crippen LogP contribution is 2.30. The second-order valence-electron chi connectivity index (χ2n) is 8.24. The molecule has 7 heteroatoms. The van der Waals surface area contributed by atoms with Gasteiger partial charge in [-0.1, -0.05) is 54.6 Å². The predicted molar refractivity (Wildman–Crippen MR) is 140 cm³/mol. The molecule has 0 radical (unpaired) electrons. The van der Waals surface area contributed by atoms with Crippen LogP contribution in [0, 0.1) is 6.92 Å². The van der Waals surface area contributed by atoms with Crippen molar-refractivity contribution in [3.05, 3.63) is 117 Å². The van der Waals surface area contributed by atoms with Gasteiger partial charge in [0.25, 0.3) is 5.56 Å². The lowest BCUT2D eigenvalue weighted by Crippen LogP contribution is -2.24. The van der Waals surface area contributed by atoms with Crippen molar-refractivity contribution in [1.29, 1.82) is 0 Å². The summed E-state index contributed by atoms with van der Waals surface area (Å²) in [6, 6.07) is 29.3. The van der Waals surface area contributed by atoms with E-state index in [1.165, 1.54) is 11.3 Å². The first-order chi connectivity index (χ1) is 17.1. The predicted octanol–water partition coefficient (Wildman–Crippen LogP) is 5.98. The molecule has 6 rings (SSSR count). The highest BCUT2D eigenvalue weighted by atomic mass is 32.1. The molecule has 3 heterocycles. The van der Waals surface area contributed by atoms with E-state index in [9.17, 15) is 4.79 Å². The van der Waals surface area contributed by atoms with Crippen LogP contribution < -0.4 is 10.4 Å². The third kappa shape index (κ3) is 3.57. The first-order valence-electron chi connectivity index (χ1n) is 11.3. The Morgan fingerprint density at radius 1 is 0.886 bits per heavy atom. The zero-order chi connectivity index (χ0) is 23.9. The van der Waals surface area contributed by atoms with E-state index in [0.29, 0.717) is 16.2 Å². The number of furan rings is 1. The van der Waals surface area contributed by atoms with Crippen LogP contribution in [-0.2, 0) is 7.05 Å². The van der Waals surface area contributed by atoms with Crippen LogP contribution in [0.1, 0.15) is 5.69 Å². The Morgan fingerprint density at radius 3 is 2.31 bits per heavy atom. The van der Waals surface area contributed by atoms with Gasteiger partial charge in [-0.25, -0.2) is 9.67 Å². The van der Waals surface area contributed by atoms with Crippen LogP contribution in [0.2, 0.25) is 0 Å². The number of hydrogen-bond acceptors (Lipinski definition) is 4. The summed E-state index contributed by atoms with van der Waals surface area (Å²) in [5, 5.41) is 3.01. The fourth-order valence-corrected chi connectivity index (χ4v) is 5.20. The number of rotatable bonds is 4. The highest BCUT2D eigenvalue weighted by molar-refractivity contribution is 7.07. The number of benzene rings is 3. The van der Waals surface area contributed by atoms with Gasteiger partial charge in [0, 0.05) is 17.8 Å². The van der Waals surface area contributed by atoms with E-state index >= 15 is 0 Å². The Kier molecular flexibility index (Phi) is 5.12. The van der Waals surface area contributed by atoms with E-state index in [1.54, 1.807) is 4.68 Å². The van der Waals surface area contributed by atoms with Crippen LogP contribution in [0.4, 0.5) is 5.69 Å². The summed E-state index contributed by atoms with van der Waals surface area (Å²) in [4.78, 5) is 19.5. The van der Waals surface area contributed by atoms with Crippen LogP contribution in [0.3, 0.4) is 0 Å². The van der Waals surface area contributed by atoms with Gasteiger partial charge in [-0.2, -0.15) is 0 Å². The summed E-state index contributed by atoms with van der Waals surface area (Å²) < 4.78 is 11.7. The van der Waals surface area contributed by atoms with Crippen molar-refractivity contribution < 1.29 is 4.42 Å². The van der Waals surface area contributed by atoms with E-state index < -0.39 is 0 Å². The lowest BCUT2D eigenvalue weighted by atomic mass is 10.2. The van der Waals surface area contributed by atoms with Gasteiger partial charge in [0.05, 0.1) is 17.1 Å². The minimum atomic E-state index is -0.124. The molecule has 3 aromatic heterocycles. The molecule has 0 atom stereocenters. The van der Waals surface area contributed by atoms with Crippen molar-refractivity contribution >= 4 is 28.0 Å². The molecule has 0 aliphatic rings. The van der Waals surface area contributed by atoms with Crippen molar-refractivity contribution in [2.75, 3.05) is 0 Å². The molecule has 0 amide bonds. The van der Waals surface area contributed by atoms with Crippen molar-refractivity contribution in [3.63, 3.8) is 0 Å². The molecule has 6 aromatic rings. The van der Waals surface area contributed by atoms with Crippen LogP contribution in [0.25, 0.3) is 33.8 Å². The number of hydrogen-bond donors (Lipinski definition) is 0. The second-order valence-corrected chi connectivity index (χ2v) is 9.08. The Morgan fingerprint density at radius 2 is 1.57 bits per heavy atom. The van der Waals surface area contributed by atoms with E-state index in [4.69, 9.17) is 9.41 Å². The Balaban J connectivity index is 1.66. The maximum Gasteiger partial charge on any atom is 0.296 e. The van der Waals surface area contributed by atoms with Gasteiger partial charge in [0.15, 0.2) is 10.6 Å². The maximum absolute atomic E-state index is 13.9. The lowest BCUT2D eigenvalue weighted by Gasteiger charge is -2.07. The third-order valence-corrected chi connectivity index (χ3v) is 6.94. The zero-order valence-corrected chi connectivity index (χ0v) is 20.1. The van der Waals surface area contributed by atoms with Crippen molar-refractivity contribution in [2.24, 2.45) is 12.0 Å². The van der Waals surface area contributed by atoms with Gasteiger partial charge in [-0.3, -0.25) is 14.0 Å². The summed E-state index contributed by atoms with van der Waals surface area (Å²) in [5.74, 6) is 0.686. The Labute approximate surface area is 205 Å². The molecule has 6 nitrogen and oxygen atoms in total. The van der Waals surface area contributed by atoms with E-state index in [2.05, 4.69) is 0 Å². The molecular weight excluding hydrogens is 456 g/mol. The minimum absolute atomic E-state index is 0.124. The number of aromatic nitrogens is 3. The van der Waals surface area contributed by atoms with Crippen molar-refractivity contribution in [3.8, 4) is 22.8 Å². The van der Waals surface area contributed by atoms with Gasteiger partial charge in [0.2, 0.25) is 0 Å². The molecule has 0 fully saturated rings. The molecule has 0 N–H and O–H groups in total. The molecule has 0 saturated heterocycles. The Bertz CT molecular complexity index is 1750. The van der Waals surface area contributed by atoms with Crippen LogP contribution in [-0.4, -0.2) is 13.9 Å². The van der Waals surface area contributed by atoms with E-state index in [-0.39, 0.29) is 5.56 Å². The summed E-state index contributed by atoms with van der Waals surface area (Å²) in [6.45, 7) is 1.95. The summed E-state index contributed by atoms with van der Waals surface area (Å²) in [6.07, 6.45) is 0. The van der Waals surface area contributed by atoms with Gasteiger partial charge in [-0.05, 0) is 43.3 Å². The first-order valence-corrected chi connectivity index (χ1v) is 12.1. The zero-order valence-electron chi connectivity index (χ0n) is 19.3. The largest absolute Gasteiger partial charge is 0.454 e. The highest BCUT2D eigenvalue weighted by Gasteiger charge is 2.23.